The predicted octanol–water partition coefficient (Wildman–Crippen LogP) is 2.27. The minimum atomic E-state index is -0.652. The fraction of sp³-hybridized carbons (Fsp3) is 0.188. The maximum absolute atomic E-state index is 13.7. The van der Waals surface area contributed by atoms with Crippen LogP contribution in [0.15, 0.2) is 42.5 Å². The summed E-state index contributed by atoms with van der Waals surface area (Å²) >= 11 is 0. The van der Waals surface area contributed by atoms with Gasteiger partial charge in [-0.15, -0.1) is 0 Å². The van der Waals surface area contributed by atoms with Crippen molar-refractivity contribution in [2.24, 2.45) is 5.73 Å². The van der Waals surface area contributed by atoms with E-state index >= 15 is 0 Å². The number of carbonyl (C=O) groups is 1. The van der Waals surface area contributed by atoms with Crippen LogP contribution in [0.25, 0.3) is 0 Å². The van der Waals surface area contributed by atoms with E-state index in [4.69, 9.17) is 16.2 Å². The van der Waals surface area contributed by atoms with E-state index in [9.17, 15) is 9.18 Å². The summed E-state index contributed by atoms with van der Waals surface area (Å²) in [5, 5.41) is 0. The topological polar surface area (TPSA) is 78.3 Å². The molecule has 0 unspecified atom stereocenters. The van der Waals surface area contributed by atoms with Gasteiger partial charge in [-0.2, -0.15) is 0 Å². The Morgan fingerprint density at radius 2 is 1.90 bits per heavy atom. The lowest BCUT2D eigenvalue weighted by Gasteiger charge is -2.08. The largest absolute Gasteiger partial charge is 0.399 e. The van der Waals surface area contributed by atoms with E-state index in [1.165, 1.54) is 12.1 Å². The van der Waals surface area contributed by atoms with Gasteiger partial charge in [-0.05, 0) is 30.2 Å². The number of benzene rings is 2. The quantitative estimate of drug-likeness (QED) is 0.632. The molecule has 1 amide bonds. The molecular formula is C16H17FN2O2. The van der Waals surface area contributed by atoms with Crippen LogP contribution < -0.4 is 11.5 Å². The van der Waals surface area contributed by atoms with Crippen LogP contribution in [0.1, 0.15) is 21.5 Å². The number of halogens is 1. The molecule has 0 aromatic heterocycles. The van der Waals surface area contributed by atoms with Crippen LogP contribution in [0.2, 0.25) is 0 Å². The Morgan fingerprint density at radius 1 is 1.14 bits per heavy atom. The zero-order valence-corrected chi connectivity index (χ0v) is 11.5. The van der Waals surface area contributed by atoms with E-state index in [0.29, 0.717) is 18.6 Å². The van der Waals surface area contributed by atoms with Crippen molar-refractivity contribution in [2.45, 2.75) is 13.0 Å². The van der Waals surface area contributed by atoms with Crippen molar-refractivity contribution >= 4 is 11.6 Å². The lowest BCUT2D eigenvalue weighted by molar-refractivity contribution is 0.0999. The first-order valence-corrected chi connectivity index (χ1v) is 6.57. The van der Waals surface area contributed by atoms with Crippen LogP contribution in [-0.2, 0) is 17.8 Å². The molecule has 0 spiro atoms. The third-order valence-corrected chi connectivity index (χ3v) is 3.17. The Kier molecular flexibility index (Phi) is 4.90. The second kappa shape index (κ2) is 6.85. The summed E-state index contributed by atoms with van der Waals surface area (Å²) in [5.41, 5.74) is 13.2. The van der Waals surface area contributed by atoms with Gasteiger partial charge >= 0.3 is 0 Å². The highest BCUT2D eigenvalue weighted by molar-refractivity contribution is 5.92. The van der Waals surface area contributed by atoms with Crippen molar-refractivity contribution in [3.63, 3.8) is 0 Å². The molecule has 21 heavy (non-hydrogen) atoms. The summed E-state index contributed by atoms with van der Waals surface area (Å²) in [4.78, 5) is 10.9. The summed E-state index contributed by atoms with van der Waals surface area (Å²) in [5.74, 6) is -1.15. The first-order valence-electron chi connectivity index (χ1n) is 6.57. The first-order chi connectivity index (χ1) is 10.1. The van der Waals surface area contributed by atoms with Crippen LogP contribution in [0.3, 0.4) is 0 Å². The van der Waals surface area contributed by atoms with Crippen molar-refractivity contribution in [3.05, 3.63) is 65.0 Å². The molecule has 5 heteroatoms. The molecule has 0 bridgehead atoms. The standard InChI is InChI=1S/C16H17FN2O2/c17-14-9-12(16(19)20)5-6-13(14)10-21-8-7-11-3-1-2-4-15(11)18/h1-6,9H,7-8,10,18H2,(H2,19,20). The van der Waals surface area contributed by atoms with Gasteiger partial charge in [0.1, 0.15) is 5.82 Å². The van der Waals surface area contributed by atoms with Gasteiger partial charge in [0.2, 0.25) is 5.91 Å². The van der Waals surface area contributed by atoms with Crippen molar-refractivity contribution < 1.29 is 13.9 Å². The van der Waals surface area contributed by atoms with Gasteiger partial charge in [0.05, 0.1) is 13.2 Å². The molecule has 0 radical (unpaired) electrons. The molecule has 0 saturated heterocycles. The second-order valence-electron chi connectivity index (χ2n) is 4.67. The molecule has 110 valence electrons. The Bertz CT molecular complexity index is 644. The summed E-state index contributed by atoms with van der Waals surface area (Å²) in [6.45, 7) is 0.572. The molecule has 2 rings (SSSR count). The number of hydrogen-bond acceptors (Lipinski definition) is 3. The number of nitrogens with two attached hydrogens (primary N) is 2. The molecule has 2 aromatic rings. The van der Waals surface area contributed by atoms with E-state index in [-0.39, 0.29) is 12.2 Å². The van der Waals surface area contributed by atoms with E-state index in [0.717, 1.165) is 17.3 Å². The minimum Gasteiger partial charge on any atom is -0.399 e. The average molecular weight is 288 g/mol. The van der Waals surface area contributed by atoms with Gasteiger partial charge < -0.3 is 16.2 Å². The average Bonchev–Trinajstić information content (AvgIpc) is 2.46. The molecule has 0 aliphatic heterocycles. The molecule has 4 nitrogen and oxygen atoms in total. The van der Waals surface area contributed by atoms with E-state index in [2.05, 4.69) is 0 Å². The Balaban J connectivity index is 1.87. The molecule has 4 N–H and O–H groups in total. The summed E-state index contributed by atoms with van der Waals surface area (Å²) in [6, 6.07) is 11.7. The van der Waals surface area contributed by atoms with Crippen molar-refractivity contribution in [1.82, 2.24) is 0 Å². The fourth-order valence-electron chi connectivity index (χ4n) is 1.94. The van der Waals surface area contributed by atoms with Gasteiger partial charge in [0.25, 0.3) is 0 Å². The van der Waals surface area contributed by atoms with Crippen LogP contribution in [0.4, 0.5) is 10.1 Å². The Hall–Kier alpha value is -2.40. The number of anilines is 1. The fourth-order valence-corrected chi connectivity index (χ4v) is 1.94. The smallest absolute Gasteiger partial charge is 0.248 e. The number of carbonyl (C=O) groups excluding carboxylic acids is 1. The minimum absolute atomic E-state index is 0.137. The second-order valence-corrected chi connectivity index (χ2v) is 4.67. The number of primary amides is 1. The number of para-hydroxylation sites is 1. The molecule has 0 heterocycles. The maximum Gasteiger partial charge on any atom is 0.248 e. The molecule has 0 aliphatic rings. The van der Waals surface area contributed by atoms with Gasteiger partial charge in [0, 0.05) is 16.8 Å². The van der Waals surface area contributed by atoms with Gasteiger partial charge in [-0.3, -0.25) is 4.79 Å². The normalized spacial score (nSPS) is 10.5. The summed E-state index contributed by atoms with van der Waals surface area (Å²) in [7, 11) is 0. The maximum atomic E-state index is 13.7. The van der Waals surface area contributed by atoms with Crippen LogP contribution >= 0.6 is 0 Å². The van der Waals surface area contributed by atoms with Crippen molar-refractivity contribution in [1.29, 1.82) is 0 Å². The number of hydrogen-bond donors (Lipinski definition) is 2. The zero-order chi connectivity index (χ0) is 15.2. The first kappa shape index (κ1) is 15.0. The SMILES string of the molecule is NC(=O)c1ccc(COCCc2ccccc2N)c(F)c1. The van der Waals surface area contributed by atoms with Gasteiger partial charge in [-0.1, -0.05) is 24.3 Å². The lowest BCUT2D eigenvalue weighted by Crippen LogP contribution is -2.11. The zero-order valence-electron chi connectivity index (χ0n) is 11.5. The molecule has 0 aliphatic carbocycles. The molecule has 2 aromatic carbocycles. The van der Waals surface area contributed by atoms with Crippen molar-refractivity contribution in [3.8, 4) is 0 Å². The molecule has 0 saturated carbocycles. The summed E-state index contributed by atoms with van der Waals surface area (Å²) < 4.78 is 19.2. The van der Waals surface area contributed by atoms with Crippen molar-refractivity contribution in [2.75, 3.05) is 12.3 Å². The third-order valence-electron chi connectivity index (χ3n) is 3.17. The van der Waals surface area contributed by atoms with E-state index in [1.807, 2.05) is 24.3 Å². The number of ether oxygens (including phenoxy) is 1. The Morgan fingerprint density at radius 3 is 2.57 bits per heavy atom. The van der Waals surface area contributed by atoms with Crippen LogP contribution in [0.5, 0.6) is 0 Å². The highest BCUT2D eigenvalue weighted by atomic mass is 19.1. The summed E-state index contributed by atoms with van der Waals surface area (Å²) in [6.07, 6.45) is 0.660. The van der Waals surface area contributed by atoms with E-state index in [1.54, 1.807) is 0 Å². The molecule has 0 fully saturated rings. The van der Waals surface area contributed by atoms with E-state index < -0.39 is 11.7 Å². The highest BCUT2D eigenvalue weighted by Gasteiger charge is 2.07. The number of amides is 1. The third kappa shape index (κ3) is 4.03. The molecular weight excluding hydrogens is 271 g/mol. The highest BCUT2D eigenvalue weighted by Crippen LogP contribution is 2.13. The number of rotatable bonds is 6. The van der Waals surface area contributed by atoms with Gasteiger partial charge in [-0.25, -0.2) is 4.39 Å². The predicted molar refractivity (Wildman–Crippen MR) is 79.1 cm³/mol. The molecule has 0 atom stereocenters. The number of nitrogen functional groups attached to an aromatic ring is 1. The Labute approximate surface area is 122 Å². The lowest BCUT2D eigenvalue weighted by atomic mass is 10.1. The van der Waals surface area contributed by atoms with Gasteiger partial charge in [0.15, 0.2) is 0 Å². The van der Waals surface area contributed by atoms with Crippen LogP contribution in [0, 0.1) is 5.82 Å². The monoisotopic (exact) mass is 288 g/mol. The van der Waals surface area contributed by atoms with Crippen LogP contribution in [-0.4, -0.2) is 12.5 Å².